The van der Waals surface area contributed by atoms with Gasteiger partial charge in [-0.05, 0) is 36.5 Å². The summed E-state index contributed by atoms with van der Waals surface area (Å²) in [6, 6.07) is 4.74. The van der Waals surface area contributed by atoms with E-state index in [9.17, 15) is 9.59 Å². The molecule has 28 heavy (non-hydrogen) atoms. The third-order valence-electron chi connectivity index (χ3n) is 4.44. The van der Waals surface area contributed by atoms with Crippen molar-refractivity contribution in [3.63, 3.8) is 0 Å². The quantitative estimate of drug-likeness (QED) is 0.665. The average molecular weight is 440 g/mol. The standard InChI is InChI=1S/C18H13Cl3N4O3/c1-25-15(27)7-13(26)16(24-25)9-4-11(19)17(12(20)5-9)28-14-6-10(8-2-3-8)18(21)23-22-14/h4-6,8H,2-3,7H2,1H3. The molecule has 4 rings (SSSR count). The van der Waals surface area contributed by atoms with E-state index in [1.54, 1.807) is 6.07 Å². The number of benzene rings is 1. The summed E-state index contributed by atoms with van der Waals surface area (Å²) < 4.78 is 5.74. The van der Waals surface area contributed by atoms with Gasteiger partial charge in [0, 0.05) is 18.7 Å². The first-order valence-corrected chi connectivity index (χ1v) is 9.55. The van der Waals surface area contributed by atoms with E-state index >= 15 is 0 Å². The highest BCUT2D eigenvalue weighted by atomic mass is 35.5. The normalized spacial score (nSPS) is 17.0. The van der Waals surface area contributed by atoms with Gasteiger partial charge in [-0.25, -0.2) is 5.01 Å². The highest BCUT2D eigenvalue weighted by Crippen LogP contribution is 2.44. The van der Waals surface area contributed by atoms with Crippen LogP contribution >= 0.6 is 34.8 Å². The fraction of sp³-hybridized carbons (Fsp3) is 0.278. The van der Waals surface area contributed by atoms with Crippen molar-refractivity contribution in [2.75, 3.05) is 7.05 Å². The van der Waals surface area contributed by atoms with Crippen molar-refractivity contribution in [3.05, 3.63) is 44.5 Å². The summed E-state index contributed by atoms with van der Waals surface area (Å²) in [5.74, 6) is -0.00748. The van der Waals surface area contributed by atoms with E-state index < -0.39 is 5.78 Å². The summed E-state index contributed by atoms with van der Waals surface area (Å²) in [7, 11) is 1.48. The SMILES string of the molecule is CN1N=C(c2cc(Cl)c(Oc3cc(C4CC4)c(Cl)nn3)c(Cl)c2)C(=O)CC1=O. The number of carbonyl (C=O) groups is 2. The van der Waals surface area contributed by atoms with Gasteiger partial charge in [-0.3, -0.25) is 9.59 Å². The van der Waals surface area contributed by atoms with Crippen LogP contribution in [0, 0.1) is 0 Å². The molecule has 7 nitrogen and oxygen atoms in total. The summed E-state index contributed by atoms with van der Waals surface area (Å²) in [5, 5.41) is 13.7. The molecule has 0 unspecified atom stereocenters. The zero-order valence-electron chi connectivity index (χ0n) is 14.6. The molecular weight excluding hydrogens is 427 g/mol. The van der Waals surface area contributed by atoms with Crippen molar-refractivity contribution in [2.24, 2.45) is 5.10 Å². The molecular formula is C18H13Cl3N4O3. The molecule has 1 aliphatic carbocycles. The van der Waals surface area contributed by atoms with Crippen molar-refractivity contribution >= 4 is 52.2 Å². The highest BCUT2D eigenvalue weighted by molar-refractivity contribution is 6.50. The first-order chi connectivity index (χ1) is 13.3. The van der Waals surface area contributed by atoms with Gasteiger partial charge in [-0.1, -0.05) is 34.8 Å². The molecule has 2 heterocycles. The monoisotopic (exact) mass is 438 g/mol. The number of Topliss-reactive ketones (excluding diaryl/α,β-unsaturated/α-hetero) is 1. The lowest BCUT2D eigenvalue weighted by Crippen LogP contribution is -2.35. The van der Waals surface area contributed by atoms with Crippen LogP contribution in [0.25, 0.3) is 0 Å². The number of hydrogen-bond donors (Lipinski definition) is 0. The summed E-state index contributed by atoms with van der Waals surface area (Å²) in [6.45, 7) is 0. The molecule has 0 saturated heterocycles. The molecule has 0 spiro atoms. The molecule has 1 aromatic heterocycles. The molecule has 0 radical (unpaired) electrons. The van der Waals surface area contributed by atoms with Crippen molar-refractivity contribution in [2.45, 2.75) is 25.2 Å². The fourth-order valence-electron chi connectivity index (χ4n) is 2.82. The number of ether oxygens (including phenoxy) is 1. The Bertz CT molecular complexity index is 1010. The zero-order chi connectivity index (χ0) is 20.0. The molecule has 1 aromatic carbocycles. The molecule has 1 aliphatic heterocycles. The molecule has 0 N–H and O–H groups in total. The first kappa shape index (κ1) is 19.1. The Kier molecular flexibility index (Phi) is 4.99. The largest absolute Gasteiger partial charge is 0.434 e. The Morgan fingerprint density at radius 1 is 1.07 bits per heavy atom. The Labute approximate surface area is 175 Å². The second-order valence-electron chi connectivity index (χ2n) is 6.54. The van der Waals surface area contributed by atoms with Crippen molar-refractivity contribution < 1.29 is 14.3 Å². The Morgan fingerprint density at radius 3 is 2.39 bits per heavy atom. The smallest absolute Gasteiger partial charge is 0.250 e. The number of amides is 1. The van der Waals surface area contributed by atoms with Crippen LogP contribution in [-0.4, -0.2) is 39.7 Å². The maximum absolute atomic E-state index is 12.2. The maximum Gasteiger partial charge on any atom is 0.250 e. The van der Waals surface area contributed by atoms with E-state index in [4.69, 9.17) is 39.5 Å². The predicted octanol–water partition coefficient (Wildman–Crippen LogP) is 4.24. The number of carbonyl (C=O) groups excluding carboxylic acids is 2. The van der Waals surface area contributed by atoms with Crippen LogP contribution in [-0.2, 0) is 9.59 Å². The van der Waals surface area contributed by atoms with Crippen LogP contribution in [0.3, 0.4) is 0 Å². The van der Waals surface area contributed by atoms with Crippen LogP contribution in [0.5, 0.6) is 11.6 Å². The molecule has 0 atom stereocenters. The van der Waals surface area contributed by atoms with E-state index in [-0.39, 0.29) is 39.7 Å². The van der Waals surface area contributed by atoms with Gasteiger partial charge in [-0.2, -0.15) is 5.10 Å². The highest BCUT2D eigenvalue weighted by Gasteiger charge is 2.29. The minimum Gasteiger partial charge on any atom is -0.434 e. The van der Waals surface area contributed by atoms with Gasteiger partial charge < -0.3 is 4.74 Å². The number of hydrogen-bond acceptors (Lipinski definition) is 6. The van der Waals surface area contributed by atoms with Crippen LogP contribution in [0.15, 0.2) is 23.3 Å². The minimum absolute atomic E-state index is 0.111. The van der Waals surface area contributed by atoms with E-state index in [0.717, 1.165) is 23.4 Å². The Morgan fingerprint density at radius 2 is 1.75 bits per heavy atom. The van der Waals surface area contributed by atoms with Crippen molar-refractivity contribution in [1.29, 1.82) is 0 Å². The lowest BCUT2D eigenvalue weighted by Gasteiger charge is -2.19. The number of aromatic nitrogens is 2. The van der Waals surface area contributed by atoms with Crippen LogP contribution < -0.4 is 4.74 Å². The second-order valence-corrected chi connectivity index (χ2v) is 7.71. The summed E-state index contributed by atoms with van der Waals surface area (Å²) in [5.41, 5.74) is 1.39. The third-order valence-corrected chi connectivity index (χ3v) is 5.29. The Hall–Kier alpha value is -2.22. The Balaban J connectivity index is 1.65. The molecule has 1 fully saturated rings. The summed E-state index contributed by atoms with van der Waals surface area (Å²) in [6.07, 6.45) is 1.84. The number of rotatable bonds is 4. The van der Waals surface area contributed by atoms with Gasteiger partial charge >= 0.3 is 0 Å². The van der Waals surface area contributed by atoms with Gasteiger partial charge in [0.05, 0.1) is 16.5 Å². The molecule has 144 valence electrons. The second kappa shape index (κ2) is 7.31. The van der Waals surface area contributed by atoms with E-state index in [2.05, 4.69) is 15.3 Å². The molecule has 10 heteroatoms. The summed E-state index contributed by atoms with van der Waals surface area (Å²) in [4.78, 5) is 23.7. The van der Waals surface area contributed by atoms with Gasteiger partial charge in [0.25, 0.3) is 0 Å². The number of nitrogens with zero attached hydrogens (tertiary/aromatic N) is 4. The van der Waals surface area contributed by atoms with Gasteiger partial charge in [0.1, 0.15) is 5.71 Å². The third kappa shape index (κ3) is 3.70. The van der Waals surface area contributed by atoms with Gasteiger partial charge in [0.2, 0.25) is 11.8 Å². The lowest BCUT2D eigenvalue weighted by atomic mass is 10.0. The van der Waals surface area contributed by atoms with Crippen molar-refractivity contribution in [3.8, 4) is 11.6 Å². The van der Waals surface area contributed by atoms with Crippen molar-refractivity contribution in [1.82, 2.24) is 15.2 Å². The zero-order valence-corrected chi connectivity index (χ0v) is 16.8. The fourth-order valence-corrected chi connectivity index (χ4v) is 3.63. The number of hydrazone groups is 1. The topological polar surface area (TPSA) is 84.8 Å². The minimum atomic E-state index is -0.401. The van der Waals surface area contributed by atoms with Crippen LogP contribution in [0.4, 0.5) is 0 Å². The maximum atomic E-state index is 12.2. The average Bonchev–Trinajstić information content (AvgIpc) is 3.47. The number of halogens is 3. The molecule has 0 bridgehead atoms. The predicted molar refractivity (Wildman–Crippen MR) is 104 cm³/mol. The van der Waals surface area contributed by atoms with E-state index in [1.165, 1.54) is 19.2 Å². The number of ketones is 1. The van der Waals surface area contributed by atoms with Gasteiger partial charge in [0.15, 0.2) is 16.7 Å². The molecule has 1 saturated carbocycles. The van der Waals surface area contributed by atoms with Crippen LogP contribution in [0.1, 0.15) is 36.3 Å². The van der Waals surface area contributed by atoms with E-state index in [1.807, 2.05) is 0 Å². The van der Waals surface area contributed by atoms with Crippen LogP contribution in [0.2, 0.25) is 15.2 Å². The van der Waals surface area contributed by atoms with Gasteiger partial charge in [-0.15, -0.1) is 10.2 Å². The van der Waals surface area contributed by atoms with E-state index in [0.29, 0.717) is 16.6 Å². The molecule has 1 amide bonds. The molecule has 2 aliphatic rings. The summed E-state index contributed by atoms with van der Waals surface area (Å²) >= 11 is 18.7. The first-order valence-electron chi connectivity index (χ1n) is 8.42. The lowest BCUT2D eigenvalue weighted by molar-refractivity contribution is -0.133. The molecule has 2 aromatic rings.